The van der Waals surface area contributed by atoms with Gasteiger partial charge in [-0.3, -0.25) is 14.4 Å². The molecule has 10 heteroatoms. The van der Waals surface area contributed by atoms with Gasteiger partial charge in [0.25, 0.3) is 5.91 Å². The van der Waals surface area contributed by atoms with Crippen molar-refractivity contribution < 1.29 is 18.8 Å². The first-order valence-electron chi connectivity index (χ1n) is 11.4. The molecule has 1 aromatic heterocycles. The molecule has 0 bridgehead atoms. The highest BCUT2D eigenvalue weighted by atomic mass is 35.5. The number of fused-ring (bicyclic) bond motifs is 1. The van der Waals surface area contributed by atoms with Crippen LogP contribution in [0.5, 0.6) is 0 Å². The third kappa shape index (κ3) is 5.50. The van der Waals surface area contributed by atoms with Gasteiger partial charge in [0, 0.05) is 16.8 Å². The minimum atomic E-state index is -0.856. The summed E-state index contributed by atoms with van der Waals surface area (Å²) >= 11 is 6.06. The highest BCUT2D eigenvalue weighted by Crippen LogP contribution is 2.34. The molecule has 3 atom stereocenters. The van der Waals surface area contributed by atoms with E-state index < -0.39 is 29.7 Å². The van der Waals surface area contributed by atoms with Crippen LogP contribution in [0.2, 0.25) is 5.02 Å². The molecule has 4 rings (SSSR count). The normalized spacial score (nSPS) is 20.9. The molecule has 1 saturated carbocycles. The number of H-pyrrole nitrogens is 1. The maximum atomic E-state index is 13.6. The molecule has 2 heterocycles. The van der Waals surface area contributed by atoms with Gasteiger partial charge in [-0.25, -0.2) is 4.39 Å². The van der Waals surface area contributed by atoms with E-state index in [1.807, 2.05) is 13.8 Å². The molecule has 8 nitrogen and oxygen atoms in total. The zero-order valence-corrected chi connectivity index (χ0v) is 19.8. The summed E-state index contributed by atoms with van der Waals surface area (Å²) in [4.78, 5) is 41.0. The number of carbonyl (C=O) groups excluding carboxylic acids is 3. The Morgan fingerprint density at radius 3 is 2.62 bits per heavy atom. The third-order valence-corrected chi connectivity index (χ3v) is 6.66. The molecule has 1 saturated heterocycles. The molecule has 2 fully saturated rings. The van der Waals surface area contributed by atoms with Crippen LogP contribution in [0.15, 0.2) is 18.2 Å². The van der Waals surface area contributed by atoms with Gasteiger partial charge in [-0.1, -0.05) is 24.4 Å². The number of halogens is 2. The number of nitrogens with one attached hydrogen (secondary N) is 4. The highest BCUT2D eigenvalue weighted by molar-refractivity contribution is 6.35. The predicted octanol–water partition coefficient (Wildman–Crippen LogP) is 3.17. The molecule has 3 amide bonds. The predicted molar refractivity (Wildman–Crippen MR) is 124 cm³/mol. The van der Waals surface area contributed by atoms with Gasteiger partial charge < -0.3 is 20.9 Å². The first-order valence-corrected chi connectivity index (χ1v) is 11.7. The first kappa shape index (κ1) is 24.0. The summed E-state index contributed by atoms with van der Waals surface area (Å²) in [6.07, 6.45) is 3.17. The lowest BCUT2D eigenvalue weighted by Crippen LogP contribution is -2.50. The Hall–Kier alpha value is -3.12. The van der Waals surface area contributed by atoms with E-state index in [-0.39, 0.29) is 34.5 Å². The lowest BCUT2D eigenvalue weighted by Gasteiger charge is -2.21. The Balaban J connectivity index is 1.44. The van der Waals surface area contributed by atoms with E-state index in [0.29, 0.717) is 29.7 Å². The van der Waals surface area contributed by atoms with Crippen molar-refractivity contribution in [3.8, 4) is 6.07 Å². The van der Waals surface area contributed by atoms with Crippen molar-refractivity contribution in [2.75, 3.05) is 0 Å². The Labute approximate surface area is 201 Å². The van der Waals surface area contributed by atoms with Crippen molar-refractivity contribution in [3.05, 3.63) is 34.7 Å². The second-order valence-corrected chi connectivity index (χ2v) is 10.3. The largest absolute Gasteiger partial charge is 0.351 e. The van der Waals surface area contributed by atoms with Crippen LogP contribution in [0, 0.1) is 29.0 Å². The minimum Gasteiger partial charge on any atom is -0.351 e. The molecule has 0 unspecified atom stereocenters. The van der Waals surface area contributed by atoms with E-state index in [2.05, 4.69) is 27.0 Å². The molecule has 1 aliphatic carbocycles. The monoisotopic (exact) mass is 487 g/mol. The number of amides is 3. The average molecular weight is 488 g/mol. The standard InChI is InChI=1S/C24H27ClFN5O3/c1-24(2)10-14(21(32)31-24)7-16(11-27)28-22(33)18(5-12-3-4-12)30-23(34)19-8-13-6-15(26)9-17(25)20(13)29-19/h6,8-9,12,14,16,18,29H,3-5,7,10H2,1-2H3,(H,28,33)(H,30,34)(H,31,32)/t14-,16+,18+/m1/s1. The van der Waals surface area contributed by atoms with Crippen LogP contribution in [0.25, 0.3) is 10.9 Å². The summed E-state index contributed by atoms with van der Waals surface area (Å²) in [5, 5.41) is 18.5. The lowest BCUT2D eigenvalue weighted by atomic mass is 9.92. The van der Waals surface area contributed by atoms with Gasteiger partial charge in [0.2, 0.25) is 11.8 Å². The van der Waals surface area contributed by atoms with Crippen molar-refractivity contribution in [1.82, 2.24) is 20.9 Å². The number of aromatic amines is 1. The van der Waals surface area contributed by atoms with Crippen molar-refractivity contribution in [2.45, 2.75) is 63.6 Å². The third-order valence-electron chi connectivity index (χ3n) is 6.36. The molecule has 34 heavy (non-hydrogen) atoms. The quantitative estimate of drug-likeness (QED) is 0.456. The van der Waals surface area contributed by atoms with E-state index >= 15 is 0 Å². The second-order valence-electron chi connectivity index (χ2n) is 9.94. The van der Waals surface area contributed by atoms with E-state index in [0.717, 1.165) is 18.9 Å². The summed E-state index contributed by atoms with van der Waals surface area (Å²) in [6.45, 7) is 3.83. The molecular formula is C24H27ClFN5O3. The van der Waals surface area contributed by atoms with E-state index in [4.69, 9.17) is 11.6 Å². The smallest absolute Gasteiger partial charge is 0.268 e. The fourth-order valence-electron chi connectivity index (χ4n) is 4.53. The second kappa shape index (κ2) is 9.26. The van der Waals surface area contributed by atoms with E-state index in [9.17, 15) is 24.0 Å². The SMILES string of the molecule is CC1(C)C[C@@H](C[C@@H](C#N)NC(=O)[C@H](CC2CC2)NC(=O)c2cc3cc(F)cc(Cl)c3[nH]2)C(=O)N1. The van der Waals surface area contributed by atoms with Gasteiger partial charge in [0.05, 0.1) is 16.6 Å². The molecule has 0 radical (unpaired) electrons. The summed E-state index contributed by atoms with van der Waals surface area (Å²) in [6, 6.07) is 4.26. The summed E-state index contributed by atoms with van der Waals surface area (Å²) in [7, 11) is 0. The number of aromatic nitrogens is 1. The van der Waals surface area contributed by atoms with Gasteiger partial charge >= 0.3 is 0 Å². The van der Waals surface area contributed by atoms with Crippen molar-refractivity contribution in [2.24, 2.45) is 11.8 Å². The van der Waals surface area contributed by atoms with Crippen molar-refractivity contribution in [3.63, 3.8) is 0 Å². The molecule has 0 spiro atoms. The maximum Gasteiger partial charge on any atom is 0.268 e. The topological polar surface area (TPSA) is 127 Å². The first-order chi connectivity index (χ1) is 16.0. The molecule has 1 aromatic carbocycles. The molecule has 1 aliphatic heterocycles. The zero-order chi connectivity index (χ0) is 24.6. The molecule has 4 N–H and O–H groups in total. The van der Waals surface area contributed by atoms with Crippen LogP contribution in [0.4, 0.5) is 4.39 Å². The Kier molecular flexibility index (Phi) is 6.54. The number of benzene rings is 1. The Morgan fingerprint density at radius 1 is 1.26 bits per heavy atom. The fraction of sp³-hybridized carbons (Fsp3) is 0.500. The van der Waals surface area contributed by atoms with Crippen molar-refractivity contribution >= 4 is 40.2 Å². The summed E-state index contributed by atoms with van der Waals surface area (Å²) in [5.74, 6) is -1.69. The Morgan fingerprint density at radius 2 is 2.00 bits per heavy atom. The number of nitrogens with zero attached hydrogens (tertiary/aromatic N) is 1. The van der Waals surface area contributed by atoms with Crippen LogP contribution >= 0.6 is 11.6 Å². The fourth-order valence-corrected chi connectivity index (χ4v) is 4.79. The van der Waals surface area contributed by atoms with Crippen LogP contribution in [0.1, 0.15) is 56.4 Å². The van der Waals surface area contributed by atoms with Crippen LogP contribution in [0.3, 0.4) is 0 Å². The van der Waals surface area contributed by atoms with Crippen LogP contribution in [-0.2, 0) is 9.59 Å². The number of carbonyl (C=O) groups is 3. The molecule has 180 valence electrons. The number of nitriles is 1. The average Bonchev–Trinajstić information content (AvgIpc) is 3.39. The zero-order valence-electron chi connectivity index (χ0n) is 19.0. The maximum absolute atomic E-state index is 13.6. The van der Waals surface area contributed by atoms with Gasteiger partial charge in [-0.2, -0.15) is 5.26 Å². The number of rotatable bonds is 8. The van der Waals surface area contributed by atoms with Gasteiger partial charge in [0.1, 0.15) is 23.6 Å². The van der Waals surface area contributed by atoms with Crippen LogP contribution < -0.4 is 16.0 Å². The lowest BCUT2D eigenvalue weighted by molar-refractivity contribution is -0.125. The molecule has 2 aliphatic rings. The van der Waals surface area contributed by atoms with Crippen molar-refractivity contribution in [1.29, 1.82) is 5.26 Å². The summed E-state index contributed by atoms with van der Waals surface area (Å²) in [5.41, 5.74) is 0.233. The van der Waals surface area contributed by atoms with Crippen LogP contribution in [-0.4, -0.2) is 40.3 Å². The van der Waals surface area contributed by atoms with E-state index in [1.54, 1.807) is 0 Å². The Bertz CT molecular complexity index is 1180. The minimum absolute atomic E-state index is 0.128. The summed E-state index contributed by atoms with van der Waals surface area (Å²) < 4.78 is 13.6. The number of hydrogen-bond acceptors (Lipinski definition) is 4. The van der Waals surface area contributed by atoms with Gasteiger partial charge in [-0.15, -0.1) is 0 Å². The highest BCUT2D eigenvalue weighted by Gasteiger charge is 2.39. The van der Waals surface area contributed by atoms with E-state index in [1.165, 1.54) is 12.1 Å². The van der Waals surface area contributed by atoms with Gasteiger partial charge in [-0.05, 0) is 57.2 Å². The molecule has 2 aromatic rings. The number of hydrogen-bond donors (Lipinski definition) is 4. The molecular weight excluding hydrogens is 461 g/mol. The van der Waals surface area contributed by atoms with Gasteiger partial charge in [0.15, 0.2) is 0 Å².